The normalized spacial score (nSPS) is 18.0. The smallest absolute Gasteiger partial charge is 0.0568 e. The zero-order valence-electron chi connectivity index (χ0n) is 11.0. The van der Waals surface area contributed by atoms with Crippen LogP contribution in [-0.4, -0.2) is 16.3 Å². The van der Waals surface area contributed by atoms with Gasteiger partial charge in [0.2, 0.25) is 0 Å². The van der Waals surface area contributed by atoms with Crippen molar-refractivity contribution < 1.29 is 0 Å². The minimum Gasteiger partial charge on any atom is -0.310 e. The predicted octanol–water partition coefficient (Wildman–Crippen LogP) is 2.68. The van der Waals surface area contributed by atoms with Gasteiger partial charge < -0.3 is 5.32 Å². The van der Waals surface area contributed by atoms with Gasteiger partial charge in [-0.1, -0.05) is 25.1 Å². The summed E-state index contributed by atoms with van der Waals surface area (Å²) in [6, 6.07) is 7.16. The lowest BCUT2D eigenvalue weighted by Crippen LogP contribution is -2.18. The summed E-state index contributed by atoms with van der Waals surface area (Å²) in [6.07, 6.45) is 6.42. The van der Waals surface area contributed by atoms with Gasteiger partial charge >= 0.3 is 0 Å². The highest BCUT2D eigenvalue weighted by Gasteiger charge is 2.24. The fourth-order valence-corrected chi connectivity index (χ4v) is 2.94. The molecular formula is C15H19N3. The number of hydrogen-bond acceptors (Lipinski definition) is 2. The molecule has 1 heterocycles. The monoisotopic (exact) mass is 241 g/mol. The molecule has 1 N–H and O–H groups in total. The summed E-state index contributed by atoms with van der Waals surface area (Å²) in [5, 5.41) is 7.84. The Hall–Kier alpha value is -1.61. The molecule has 0 spiro atoms. The summed E-state index contributed by atoms with van der Waals surface area (Å²) in [5.41, 5.74) is 5.54. The molecule has 3 rings (SSSR count). The second-order valence-corrected chi connectivity index (χ2v) is 4.92. The first-order valence-corrected chi connectivity index (χ1v) is 6.63. The van der Waals surface area contributed by atoms with Gasteiger partial charge in [-0.05, 0) is 36.1 Å². The van der Waals surface area contributed by atoms with E-state index < -0.39 is 0 Å². The summed E-state index contributed by atoms with van der Waals surface area (Å²) in [4.78, 5) is 0. The van der Waals surface area contributed by atoms with Crippen molar-refractivity contribution in [2.75, 3.05) is 6.54 Å². The van der Waals surface area contributed by atoms with Gasteiger partial charge in [0.15, 0.2) is 0 Å². The van der Waals surface area contributed by atoms with Crippen molar-refractivity contribution in [2.45, 2.75) is 25.8 Å². The molecule has 1 aromatic heterocycles. The first-order chi connectivity index (χ1) is 8.79. The van der Waals surface area contributed by atoms with E-state index in [1.54, 1.807) is 0 Å². The standard InChI is InChI=1S/C15H19N3/c1-3-16-15-8-7-13-12(5-4-6-14(13)15)11-9-17-18(2)10-11/h4-6,9-10,15-16H,3,7-8H2,1-2H3. The van der Waals surface area contributed by atoms with E-state index in [0.717, 1.165) is 13.0 Å². The Morgan fingerprint density at radius 3 is 3.06 bits per heavy atom. The van der Waals surface area contributed by atoms with Gasteiger partial charge in [0.25, 0.3) is 0 Å². The van der Waals surface area contributed by atoms with Crippen molar-refractivity contribution in [1.82, 2.24) is 15.1 Å². The first kappa shape index (κ1) is 11.5. The van der Waals surface area contributed by atoms with Gasteiger partial charge in [0.05, 0.1) is 6.20 Å². The average Bonchev–Trinajstić information content (AvgIpc) is 2.97. The first-order valence-electron chi connectivity index (χ1n) is 6.63. The van der Waals surface area contributed by atoms with Crippen LogP contribution in [0.3, 0.4) is 0 Å². The fraction of sp³-hybridized carbons (Fsp3) is 0.400. The third-order valence-corrected chi connectivity index (χ3v) is 3.74. The van der Waals surface area contributed by atoms with Crippen molar-refractivity contribution in [1.29, 1.82) is 0 Å². The van der Waals surface area contributed by atoms with Crippen LogP contribution in [0.25, 0.3) is 11.1 Å². The minimum atomic E-state index is 0.529. The van der Waals surface area contributed by atoms with Gasteiger partial charge in [-0.2, -0.15) is 5.10 Å². The predicted molar refractivity (Wildman–Crippen MR) is 73.4 cm³/mol. The summed E-state index contributed by atoms with van der Waals surface area (Å²) >= 11 is 0. The molecule has 0 amide bonds. The van der Waals surface area contributed by atoms with E-state index in [2.05, 4.69) is 41.7 Å². The molecule has 18 heavy (non-hydrogen) atoms. The average molecular weight is 241 g/mol. The Morgan fingerprint density at radius 1 is 1.44 bits per heavy atom. The lowest BCUT2D eigenvalue weighted by atomic mass is 9.98. The summed E-state index contributed by atoms with van der Waals surface area (Å²) < 4.78 is 1.87. The van der Waals surface area contributed by atoms with Crippen molar-refractivity contribution in [2.24, 2.45) is 7.05 Å². The molecule has 0 saturated heterocycles. The maximum Gasteiger partial charge on any atom is 0.0568 e. The molecule has 3 heteroatoms. The lowest BCUT2D eigenvalue weighted by molar-refractivity contribution is 0.549. The number of fused-ring (bicyclic) bond motifs is 1. The van der Waals surface area contributed by atoms with E-state index in [9.17, 15) is 0 Å². The number of nitrogens with zero attached hydrogens (tertiary/aromatic N) is 2. The van der Waals surface area contributed by atoms with Crippen LogP contribution in [0.5, 0.6) is 0 Å². The molecular weight excluding hydrogens is 222 g/mol. The van der Waals surface area contributed by atoms with Crippen molar-refractivity contribution in [3.8, 4) is 11.1 Å². The van der Waals surface area contributed by atoms with Gasteiger partial charge in [0.1, 0.15) is 0 Å². The fourth-order valence-electron chi connectivity index (χ4n) is 2.94. The lowest BCUT2D eigenvalue weighted by Gasteiger charge is -2.13. The molecule has 3 nitrogen and oxygen atoms in total. The number of benzene rings is 1. The zero-order valence-corrected chi connectivity index (χ0v) is 11.0. The van der Waals surface area contributed by atoms with Crippen LogP contribution in [0.1, 0.15) is 30.5 Å². The van der Waals surface area contributed by atoms with E-state index in [1.807, 2.05) is 17.9 Å². The van der Waals surface area contributed by atoms with E-state index >= 15 is 0 Å². The van der Waals surface area contributed by atoms with Crippen LogP contribution >= 0.6 is 0 Å². The Morgan fingerprint density at radius 2 is 2.33 bits per heavy atom. The Labute approximate surface area is 108 Å². The molecule has 1 aliphatic rings. The molecule has 0 radical (unpaired) electrons. The molecule has 1 aliphatic carbocycles. The summed E-state index contributed by atoms with van der Waals surface area (Å²) in [7, 11) is 1.97. The second-order valence-electron chi connectivity index (χ2n) is 4.92. The number of aryl methyl sites for hydroxylation is 1. The van der Waals surface area contributed by atoms with Crippen LogP contribution in [0.15, 0.2) is 30.6 Å². The summed E-state index contributed by atoms with van der Waals surface area (Å²) in [6.45, 7) is 3.20. The quantitative estimate of drug-likeness (QED) is 0.895. The van der Waals surface area contributed by atoms with Crippen LogP contribution in [0.2, 0.25) is 0 Å². The Bertz CT molecular complexity index is 557. The van der Waals surface area contributed by atoms with E-state index in [0.29, 0.717) is 6.04 Å². The van der Waals surface area contributed by atoms with Crippen LogP contribution in [-0.2, 0) is 13.5 Å². The molecule has 94 valence electrons. The van der Waals surface area contributed by atoms with Crippen molar-refractivity contribution in [3.63, 3.8) is 0 Å². The number of aromatic nitrogens is 2. The molecule has 0 aliphatic heterocycles. The number of nitrogens with one attached hydrogen (secondary N) is 1. The summed E-state index contributed by atoms with van der Waals surface area (Å²) in [5.74, 6) is 0. The molecule has 0 saturated carbocycles. The topological polar surface area (TPSA) is 29.9 Å². The van der Waals surface area contributed by atoms with E-state index in [1.165, 1.54) is 28.7 Å². The highest BCUT2D eigenvalue weighted by Crippen LogP contribution is 2.37. The van der Waals surface area contributed by atoms with Crippen molar-refractivity contribution in [3.05, 3.63) is 41.7 Å². The highest BCUT2D eigenvalue weighted by atomic mass is 15.2. The van der Waals surface area contributed by atoms with E-state index in [-0.39, 0.29) is 0 Å². The van der Waals surface area contributed by atoms with Gasteiger partial charge in [0, 0.05) is 24.8 Å². The van der Waals surface area contributed by atoms with Crippen molar-refractivity contribution >= 4 is 0 Å². The molecule has 1 aromatic carbocycles. The third kappa shape index (κ3) is 1.85. The largest absolute Gasteiger partial charge is 0.310 e. The van der Waals surface area contributed by atoms with Crippen LogP contribution in [0.4, 0.5) is 0 Å². The molecule has 0 bridgehead atoms. The second kappa shape index (κ2) is 4.58. The highest BCUT2D eigenvalue weighted by molar-refractivity contribution is 5.68. The maximum absolute atomic E-state index is 4.27. The third-order valence-electron chi connectivity index (χ3n) is 3.74. The molecule has 2 aromatic rings. The van der Waals surface area contributed by atoms with Crippen LogP contribution < -0.4 is 5.32 Å². The number of hydrogen-bond donors (Lipinski definition) is 1. The minimum absolute atomic E-state index is 0.529. The maximum atomic E-state index is 4.27. The number of rotatable bonds is 3. The molecule has 0 fully saturated rings. The SMILES string of the molecule is CCNC1CCc2c(-c3cnn(C)c3)cccc21. The Balaban J connectivity index is 2.03. The van der Waals surface area contributed by atoms with Crippen LogP contribution in [0, 0.1) is 0 Å². The van der Waals surface area contributed by atoms with Gasteiger partial charge in [-0.3, -0.25) is 4.68 Å². The van der Waals surface area contributed by atoms with E-state index in [4.69, 9.17) is 0 Å². The molecule has 1 unspecified atom stereocenters. The van der Waals surface area contributed by atoms with Gasteiger partial charge in [-0.15, -0.1) is 0 Å². The van der Waals surface area contributed by atoms with Gasteiger partial charge in [-0.25, -0.2) is 0 Å². The Kier molecular flexibility index (Phi) is 2.92. The zero-order chi connectivity index (χ0) is 12.5. The molecule has 1 atom stereocenters.